The highest BCUT2D eigenvalue weighted by Gasteiger charge is 2.40. The number of fused-ring (bicyclic) bond motifs is 1. The molecule has 180 valence electrons. The molecule has 0 bridgehead atoms. The van der Waals surface area contributed by atoms with E-state index in [1.54, 1.807) is 0 Å². The number of hydrogen-bond acceptors (Lipinski definition) is 4. The summed E-state index contributed by atoms with van der Waals surface area (Å²) in [6.45, 7) is 6.78. The van der Waals surface area contributed by atoms with E-state index in [9.17, 15) is 5.11 Å². The van der Waals surface area contributed by atoms with Gasteiger partial charge in [-0.1, -0.05) is 74.3 Å². The molecule has 0 spiro atoms. The molecule has 2 unspecified atom stereocenters. The minimum absolute atomic E-state index is 0.0874. The molecule has 1 saturated heterocycles. The third-order valence-electron chi connectivity index (χ3n) is 7.46. The Morgan fingerprint density at radius 1 is 1.03 bits per heavy atom. The van der Waals surface area contributed by atoms with Gasteiger partial charge in [0.1, 0.15) is 5.75 Å². The van der Waals surface area contributed by atoms with E-state index < -0.39 is 0 Å². The minimum Gasteiger partial charge on any atom is -0.475 e. The van der Waals surface area contributed by atoms with Gasteiger partial charge in [-0.25, -0.2) is 0 Å². The van der Waals surface area contributed by atoms with Crippen LogP contribution in [0.15, 0.2) is 47.4 Å². The Labute approximate surface area is 204 Å². The molecular weight excluding hydrogens is 426 g/mol. The Morgan fingerprint density at radius 2 is 1.76 bits per heavy atom. The van der Waals surface area contributed by atoms with Gasteiger partial charge in [-0.2, -0.15) is 0 Å². The molecule has 0 radical (unpaired) electrons. The zero-order valence-electron chi connectivity index (χ0n) is 20.7. The monoisotopic (exact) mass is 467 g/mol. The molecule has 33 heavy (non-hydrogen) atoms. The van der Waals surface area contributed by atoms with Gasteiger partial charge in [0.2, 0.25) is 0 Å². The number of likely N-dealkylation sites (tertiary alicyclic amines) is 1. The fraction of sp³-hybridized carbons (Fsp3) is 0.586. The van der Waals surface area contributed by atoms with Crippen molar-refractivity contribution >= 4 is 11.8 Å². The van der Waals surface area contributed by atoms with Gasteiger partial charge in [-0.05, 0) is 81.5 Å². The van der Waals surface area contributed by atoms with Crippen LogP contribution in [0.25, 0.3) is 0 Å². The highest BCUT2D eigenvalue weighted by atomic mass is 32.2. The maximum absolute atomic E-state index is 10.3. The van der Waals surface area contributed by atoms with Crippen molar-refractivity contribution in [1.29, 1.82) is 0 Å². The third kappa shape index (κ3) is 5.78. The van der Waals surface area contributed by atoms with Gasteiger partial charge in [0.05, 0.1) is 11.6 Å². The molecule has 0 aromatic heterocycles. The Balaban J connectivity index is 1.44. The van der Waals surface area contributed by atoms with Crippen molar-refractivity contribution in [3.8, 4) is 5.75 Å². The predicted molar refractivity (Wildman–Crippen MR) is 139 cm³/mol. The number of aliphatic hydroxyl groups is 1. The molecule has 4 heteroatoms. The topological polar surface area (TPSA) is 32.7 Å². The second-order valence-corrected chi connectivity index (χ2v) is 11.3. The number of aliphatic hydroxyl groups excluding tert-OH is 1. The van der Waals surface area contributed by atoms with E-state index in [1.807, 2.05) is 11.8 Å². The molecule has 2 aromatic rings. The molecule has 0 saturated carbocycles. The van der Waals surface area contributed by atoms with E-state index >= 15 is 0 Å². The summed E-state index contributed by atoms with van der Waals surface area (Å²) in [4.78, 5) is 3.52. The van der Waals surface area contributed by atoms with E-state index in [0.29, 0.717) is 12.1 Å². The molecular formula is C29H41NO2S. The van der Waals surface area contributed by atoms with E-state index in [2.05, 4.69) is 68.1 Å². The molecule has 2 aliphatic heterocycles. The molecule has 2 atom stereocenters. The number of ether oxygens (including phenoxy) is 1. The lowest BCUT2D eigenvalue weighted by Gasteiger charge is -2.28. The SMILES string of the molecule is CCCCC1(CCCC)Oc2ccc(C3CCC(CCc4ccc(C)cc4)N3CO)cc2S1. The van der Waals surface area contributed by atoms with Crippen molar-refractivity contribution < 1.29 is 9.84 Å². The molecule has 1 N–H and O–H groups in total. The lowest BCUT2D eigenvalue weighted by molar-refractivity contribution is 0.0596. The van der Waals surface area contributed by atoms with E-state index in [4.69, 9.17) is 4.74 Å². The summed E-state index contributed by atoms with van der Waals surface area (Å²) in [5.41, 5.74) is 4.03. The first-order chi connectivity index (χ1) is 16.1. The number of hydrogen-bond donors (Lipinski definition) is 1. The molecule has 4 rings (SSSR count). The number of nitrogens with zero attached hydrogens (tertiary/aromatic N) is 1. The van der Waals surface area contributed by atoms with Crippen LogP contribution < -0.4 is 4.74 Å². The van der Waals surface area contributed by atoms with Crippen LogP contribution in [-0.4, -0.2) is 27.7 Å². The second kappa shape index (κ2) is 11.3. The summed E-state index contributed by atoms with van der Waals surface area (Å²) in [5, 5.41) is 10.3. The molecule has 2 aliphatic rings. The Kier molecular flexibility index (Phi) is 8.43. The number of aryl methyl sites for hydroxylation is 2. The number of unbranched alkanes of at least 4 members (excludes halogenated alkanes) is 2. The number of thioether (sulfide) groups is 1. The second-order valence-electron chi connectivity index (χ2n) is 9.95. The van der Waals surface area contributed by atoms with Crippen LogP contribution >= 0.6 is 11.8 Å². The summed E-state index contributed by atoms with van der Waals surface area (Å²) in [5.74, 6) is 1.06. The fourth-order valence-electron chi connectivity index (χ4n) is 5.45. The highest BCUT2D eigenvalue weighted by molar-refractivity contribution is 8.00. The number of rotatable bonds is 11. The van der Waals surface area contributed by atoms with Gasteiger partial charge < -0.3 is 9.84 Å². The Morgan fingerprint density at radius 3 is 2.42 bits per heavy atom. The van der Waals surface area contributed by atoms with Crippen LogP contribution in [0.5, 0.6) is 5.75 Å². The zero-order valence-corrected chi connectivity index (χ0v) is 21.5. The molecule has 0 amide bonds. The van der Waals surface area contributed by atoms with Crippen LogP contribution in [0.3, 0.4) is 0 Å². The minimum atomic E-state index is -0.0874. The molecule has 0 aliphatic carbocycles. The van der Waals surface area contributed by atoms with E-state index in [0.717, 1.165) is 44.3 Å². The Bertz CT molecular complexity index is 889. The lowest BCUT2D eigenvalue weighted by Crippen LogP contribution is -2.32. The molecule has 3 nitrogen and oxygen atoms in total. The van der Waals surface area contributed by atoms with Gasteiger partial charge in [0.15, 0.2) is 4.93 Å². The van der Waals surface area contributed by atoms with E-state index in [1.165, 1.54) is 47.3 Å². The van der Waals surface area contributed by atoms with Crippen molar-refractivity contribution in [2.75, 3.05) is 6.73 Å². The van der Waals surface area contributed by atoms with E-state index in [-0.39, 0.29) is 11.7 Å². The summed E-state index contributed by atoms with van der Waals surface area (Å²) in [6.07, 6.45) is 11.5. The van der Waals surface area contributed by atoms with Gasteiger partial charge >= 0.3 is 0 Å². The summed E-state index contributed by atoms with van der Waals surface area (Å²) < 4.78 is 6.59. The van der Waals surface area contributed by atoms with Crippen LogP contribution in [0.1, 0.15) is 94.4 Å². The fourth-order valence-corrected chi connectivity index (χ4v) is 6.88. The first-order valence-electron chi connectivity index (χ1n) is 13.0. The van der Waals surface area contributed by atoms with Gasteiger partial charge in [0, 0.05) is 12.1 Å². The van der Waals surface area contributed by atoms with Gasteiger partial charge in [0.25, 0.3) is 0 Å². The summed E-state index contributed by atoms with van der Waals surface area (Å²) >= 11 is 1.95. The maximum Gasteiger partial charge on any atom is 0.159 e. The van der Waals surface area contributed by atoms with Crippen molar-refractivity contribution in [1.82, 2.24) is 4.90 Å². The normalized spacial score (nSPS) is 21.8. The molecule has 2 aromatic carbocycles. The smallest absolute Gasteiger partial charge is 0.159 e. The Hall–Kier alpha value is -1.49. The zero-order chi connectivity index (χ0) is 23.3. The van der Waals surface area contributed by atoms with Crippen molar-refractivity contribution in [2.24, 2.45) is 0 Å². The maximum atomic E-state index is 10.3. The van der Waals surface area contributed by atoms with Crippen molar-refractivity contribution in [3.63, 3.8) is 0 Å². The van der Waals surface area contributed by atoms with Crippen LogP contribution in [0.2, 0.25) is 0 Å². The third-order valence-corrected chi connectivity index (χ3v) is 8.86. The van der Waals surface area contributed by atoms with Crippen LogP contribution in [0, 0.1) is 6.92 Å². The number of benzene rings is 2. The van der Waals surface area contributed by atoms with Crippen LogP contribution in [0.4, 0.5) is 0 Å². The van der Waals surface area contributed by atoms with Crippen LogP contribution in [-0.2, 0) is 6.42 Å². The molecule has 2 heterocycles. The first-order valence-corrected chi connectivity index (χ1v) is 13.8. The lowest BCUT2D eigenvalue weighted by atomic mass is 10.0. The highest BCUT2D eigenvalue weighted by Crippen LogP contribution is 2.53. The van der Waals surface area contributed by atoms with Gasteiger partial charge in [-0.15, -0.1) is 0 Å². The average Bonchev–Trinajstić information content (AvgIpc) is 3.41. The molecule has 1 fully saturated rings. The average molecular weight is 468 g/mol. The van der Waals surface area contributed by atoms with Gasteiger partial charge in [-0.3, -0.25) is 4.90 Å². The standard InChI is InChI=1S/C29H41NO2S/c1-4-6-18-29(19-7-5-2)32-27-17-13-24(20-28(27)33-29)26-16-15-25(30(26)21-31)14-12-23-10-8-22(3)9-11-23/h8-11,13,17,20,25-26,31H,4-7,12,14-16,18-19,21H2,1-3H3. The summed E-state index contributed by atoms with van der Waals surface area (Å²) in [6, 6.07) is 16.4. The quantitative estimate of drug-likeness (QED) is 0.368. The summed E-state index contributed by atoms with van der Waals surface area (Å²) in [7, 11) is 0. The first kappa shape index (κ1) is 24.6. The largest absolute Gasteiger partial charge is 0.475 e. The predicted octanol–water partition coefficient (Wildman–Crippen LogP) is 7.64. The van der Waals surface area contributed by atoms with Crippen molar-refractivity contribution in [2.45, 2.75) is 107 Å². The van der Waals surface area contributed by atoms with Crippen molar-refractivity contribution in [3.05, 3.63) is 59.2 Å².